The monoisotopic (exact) mass is 583 g/mol. The predicted octanol–water partition coefficient (Wildman–Crippen LogP) is 4.38. The summed E-state index contributed by atoms with van der Waals surface area (Å²) in [7, 11) is -8.05. The summed E-state index contributed by atoms with van der Waals surface area (Å²) in [6.07, 6.45) is 0.926. The summed E-state index contributed by atoms with van der Waals surface area (Å²) in [6, 6.07) is 7.41. The van der Waals surface area contributed by atoms with E-state index in [-0.39, 0.29) is 39.8 Å². The number of hydrogen-bond donors (Lipinski definition) is 3. The van der Waals surface area contributed by atoms with Crippen LogP contribution in [-0.2, 0) is 31.2 Å². The summed E-state index contributed by atoms with van der Waals surface area (Å²) in [5, 5.41) is 14.2. The van der Waals surface area contributed by atoms with Gasteiger partial charge in [-0.05, 0) is 47.7 Å². The lowest BCUT2D eigenvalue weighted by Gasteiger charge is -2.35. The van der Waals surface area contributed by atoms with Crippen LogP contribution < -0.4 is 10.0 Å². The van der Waals surface area contributed by atoms with Crippen LogP contribution in [0.25, 0.3) is 0 Å². The molecule has 1 atom stereocenters. The van der Waals surface area contributed by atoms with Gasteiger partial charge in [-0.15, -0.1) is 0 Å². The molecule has 0 bridgehead atoms. The van der Waals surface area contributed by atoms with Gasteiger partial charge in [-0.25, -0.2) is 21.2 Å². The number of fused-ring (bicyclic) bond motifs is 1. The average Bonchev–Trinajstić information content (AvgIpc) is 3.02. The Morgan fingerprint density at radius 1 is 1.18 bits per heavy atom. The molecule has 2 aromatic rings. The van der Waals surface area contributed by atoms with Crippen molar-refractivity contribution in [2.45, 2.75) is 45.2 Å². The molecule has 0 radical (unpaired) electrons. The third-order valence-electron chi connectivity index (χ3n) is 6.21. The molecule has 2 aromatic carbocycles. The number of rotatable bonds is 5. The van der Waals surface area contributed by atoms with Crippen molar-refractivity contribution < 1.29 is 31.1 Å². The number of amides is 1. The first-order valence-corrected chi connectivity index (χ1v) is 15.2. The van der Waals surface area contributed by atoms with Crippen LogP contribution in [0.2, 0.25) is 0 Å². The standard InChI is InChI=1S/C25H27ClFN3O6S2/c1-13-10-14(6-8-16(13)27)12-30-22(25(2,3)4)21(31)19(24(30)32)20-23(26)38(35,36)18-11-15(29-37(5,33)34)7-9-17(18)28-20/h6-11,22,28-29,31H,12H2,1-5H3/t22-/m1/s1. The number of halogens is 2. The quantitative estimate of drug-likeness (QED) is 0.476. The van der Waals surface area contributed by atoms with Crippen LogP contribution in [0.4, 0.5) is 15.8 Å². The molecule has 0 spiro atoms. The zero-order valence-electron chi connectivity index (χ0n) is 21.3. The van der Waals surface area contributed by atoms with Gasteiger partial charge in [0.05, 0.1) is 28.6 Å². The minimum absolute atomic E-state index is 0.0112. The third-order valence-corrected chi connectivity index (χ3v) is 9.21. The second kappa shape index (κ2) is 9.28. The predicted molar refractivity (Wildman–Crippen MR) is 143 cm³/mol. The molecule has 3 N–H and O–H groups in total. The van der Waals surface area contributed by atoms with E-state index in [0.29, 0.717) is 11.1 Å². The number of aliphatic hydroxyl groups excluding tert-OH is 1. The minimum atomic E-state index is -4.38. The fraction of sp³-hybridized carbons (Fsp3) is 0.320. The Kier molecular flexibility index (Phi) is 6.82. The van der Waals surface area contributed by atoms with Crippen molar-refractivity contribution in [2.24, 2.45) is 5.41 Å². The molecule has 0 fully saturated rings. The molecule has 2 aliphatic heterocycles. The molecule has 13 heteroatoms. The fourth-order valence-corrected chi connectivity index (χ4v) is 6.89. The SMILES string of the molecule is Cc1cc(CN2C(=O)C(C3=C(Cl)S(=O)(=O)c4cc(NS(C)(=O)=O)ccc4N3)=C(O)[C@@H]2C(C)(C)C)ccc1F. The number of sulfone groups is 1. The minimum Gasteiger partial charge on any atom is -0.509 e. The zero-order chi connectivity index (χ0) is 28.4. The van der Waals surface area contributed by atoms with E-state index >= 15 is 0 Å². The van der Waals surface area contributed by atoms with E-state index in [0.717, 1.165) is 12.3 Å². The first kappa shape index (κ1) is 27.9. The van der Waals surface area contributed by atoms with Crippen molar-refractivity contribution in [3.63, 3.8) is 0 Å². The first-order valence-electron chi connectivity index (χ1n) is 11.4. The topological polar surface area (TPSA) is 133 Å². The molecule has 0 saturated heterocycles. The van der Waals surface area contributed by atoms with Crippen LogP contribution in [0, 0.1) is 18.2 Å². The molecule has 204 valence electrons. The van der Waals surface area contributed by atoms with Crippen LogP contribution in [-0.4, -0.2) is 45.0 Å². The second-order valence-corrected chi connectivity index (χ2v) is 14.6. The number of anilines is 2. The highest BCUT2D eigenvalue weighted by atomic mass is 35.5. The van der Waals surface area contributed by atoms with E-state index < -0.39 is 47.4 Å². The summed E-state index contributed by atoms with van der Waals surface area (Å²) < 4.78 is 65.2. The van der Waals surface area contributed by atoms with Gasteiger partial charge in [-0.1, -0.05) is 44.5 Å². The molecular weight excluding hydrogens is 557 g/mol. The Balaban J connectivity index is 1.80. The van der Waals surface area contributed by atoms with Gasteiger partial charge in [0.15, 0.2) is 4.36 Å². The molecule has 38 heavy (non-hydrogen) atoms. The molecule has 0 saturated carbocycles. The number of nitrogens with one attached hydrogen (secondary N) is 2. The molecule has 0 unspecified atom stereocenters. The molecule has 2 aliphatic rings. The van der Waals surface area contributed by atoms with Crippen LogP contribution in [0.5, 0.6) is 0 Å². The second-order valence-electron chi connectivity index (χ2n) is 10.4. The summed E-state index contributed by atoms with van der Waals surface area (Å²) >= 11 is 6.34. The fourth-order valence-electron chi connectivity index (χ4n) is 4.63. The number of carbonyl (C=O) groups is 1. The van der Waals surface area contributed by atoms with Crippen molar-refractivity contribution >= 4 is 48.7 Å². The number of aryl methyl sites for hydroxylation is 1. The molecule has 0 aromatic heterocycles. The van der Waals surface area contributed by atoms with Crippen LogP contribution in [0.1, 0.15) is 31.9 Å². The van der Waals surface area contributed by atoms with E-state index in [9.17, 15) is 31.1 Å². The van der Waals surface area contributed by atoms with Crippen molar-refractivity contribution in [1.29, 1.82) is 0 Å². The molecule has 9 nitrogen and oxygen atoms in total. The summed E-state index contributed by atoms with van der Waals surface area (Å²) in [5.74, 6) is -1.40. The highest BCUT2D eigenvalue weighted by Crippen LogP contribution is 2.45. The summed E-state index contributed by atoms with van der Waals surface area (Å²) in [4.78, 5) is 14.8. The Morgan fingerprint density at radius 3 is 2.42 bits per heavy atom. The number of carbonyl (C=O) groups excluding carboxylic acids is 1. The molecule has 0 aliphatic carbocycles. The Labute approximate surface area is 226 Å². The number of hydrogen-bond acceptors (Lipinski definition) is 7. The van der Waals surface area contributed by atoms with Gasteiger partial charge in [0.25, 0.3) is 5.91 Å². The largest absolute Gasteiger partial charge is 0.509 e. The Morgan fingerprint density at radius 2 is 1.84 bits per heavy atom. The maximum Gasteiger partial charge on any atom is 0.260 e. The van der Waals surface area contributed by atoms with Crippen molar-refractivity contribution in [3.05, 3.63) is 74.7 Å². The van der Waals surface area contributed by atoms with Crippen LogP contribution in [0.3, 0.4) is 0 Å². The van der Waals surface area contributed by atoms with Gasteiger partial charge in [0.1, 0.15) is 17.1 Å². The summed E-state index contributed by atoms with van der Waals surface area (Å²) in [6.45, 7) is 7.09. The van der Waals surface area contributed by atoms with Crippen molar-refractivity contribution in [3.8, 4) is 0 Å². The lowest BCUT2D eigenvalue weighted by Crippen LogP contribution is -2.43. The van der Waals surface area contributed by atoms with E-state index in [1.807, 2.05) is 20.8 Å². The zero-order valence-corrected chi connectivity index (χ0v) is 23.6. The normalized spacial score (nSPS) is 19.5. The lowest BCUT2D eigenvalue weighted by molar-refractivity contribution is -0.129. The maximum atomic E-state index is 13.8. The maximum absolute atomic E-state index is 13.8. The van der Waals surface area contributed by atoms with Gasteiger partial charge in [0.2, 0.25) is 19.9 Å². The lowest BCUT2D eigenvalue weighted by atomic mass is 9.85. The van der Waals surface area contributed by atoms with Crippen molar-refractivity contribution in [1.82, 2.24) is 4.90 Å². The molecule has 1 amide bonds. The van der Waals surface area contributed by atoms with Crippen LogP contribution >= 0.6 is 11.6 Å². The van der Waals surface area contributed by atoms with Gasteiger partial charge >= 0.3 is 0 Å². The van der Waals surface area contributed by atoms with Gasteiger partial charge in [-0.2, -0.15) is 0 Å². The summed E-state index contributed by atoms with van der Waals surface area (Å²) in [5.41, 5.74) is -0.152. The van der Waals surface area contributed by atoms with Gasteiger partial charge in [-0.3, -0.25) is 9.52 Å². The van der Waals surface area contributed by atoms with E-state index in [2.05, 4.69) is 10.0 Å². The highest BCUT2D eigenvalue weighted by molar-refractivity contribution is 7.97. The molecule has 2 heterocycles. The number of nitrogens with zero attached hydrogens (tertiary/aromatic N) is 1. The Hall–Kier alpha value is -3.09. The Bertz CT molecular complexity index is 1640. The molecule has 4 rings (SSSR count). The van der Waals surface area contributed by atoms with E-state index in [1.54, 1.807) is 13.0 Å². The van der Waals surface area contributed by atoms with Gasteiger partial charge < -0.3 is 15.3 Å². The smallest absolute Gasteiger partial charge is 0.260 e. The highest BCUT2D eigenvalue weighted by Gasteiger charge is 2.48. The first-order chi connectivity index (χ1) is 17.4. The average molecular weight is 584 g/mol. The van der Waals surface area contributed by atoms with Crippen LogP contribution in [0.15, 0.2) is 62.7 Å². The number of sulfonamides is 1. The van der Waals surface area contributed by atoms with E-state index in [1.165, 1.54) is 29.2 Å². The van der Waals surface area contributed by atoms with Gasteiger partial charge in [0, 0.05) is 12.2 Å². The molecular formula is C25H27ClFN3O6S2. The third kappa shape index (κ3) is 4.99. The number of aliphatic hydroxyl groups is 1. The number of benzene rings is 2. The van der Waals surface area contributed by atoms with Crippen molar-refractivity contribution in [2.75, 3.05) is 16.3 Å². The van der Waals surface area contributed by atoms with E-state index in [4.69, 9.17) is 11.6 Å².